The molecule has 0 radical (unpaired) electrons. The van der Waals surface area contributed by atoms with Gasteiger partial charge in [-0.15, -0.1) is 0 Å². The Bertz CT molecular complexity index is 585. The highest BCUT2D eigenvalue weighted by Gasteiger charge is 2.51. The first-order chi connectivity index (χ1) is 11.2. The van der Waals surface area contributed by atoms with E-state index < -0.39 is 18.3 Å². The van der Waals surface area contributed by atoms with Gasteiger partial charge in [-0.25, -0.2) is 0 Å². The Hall–Kier alpha value is -1.53. The summed E-state index contributed by atoms with van der Waals surface area (Å²) in [5.41, 5.74) is 0.580. The van der Waals surface area contributed by atoms with Crippen LogP contribution in [0.3, 0.4) is 0 Å². The molecule has 0 aromatic heterocycles. The van der Waals surface area contributed by atoms with Gasteiger partial charge in [-0.1, -0.05) is 13.0 Å². The molecular formula is C18H28BNO4. The van der Waals surface area contributed by atoms with E-state index in [2.05, 4.69) is 5.32 Å². The molecule has 24 heavy (non-hydrogen) atoms. The van der Waals surface area contributed by atoms with Crippen molar-refractivity contribution in [3.8, 4) is 5.75 Å². The lowest BCUT2D eigenvalue weighted by Crippen LogP contribution is -2.41. The maximum absolute atomic E-state index is 12.3. The third-order valence-electron chi connectivity index (χ3n) is 4.61. The quantitative estimate of drug-likeness (QED) is 0.813. The topological polar surface area (TPSA) is 56.8 Å². The fraction of sp³-hybridized carbons (Fsp3) is 0.611. The molecular weight excluding hydrogens is 305 g/mol. The molecule has 2 rings (SSSR count). The summed E-state index contributed by atoms with van der Waals surface area (Å²) in [6, 6.07) is 5.48. The van der Waals surface area contributed by atoms with Crippen LogP contribution in [-0.2, 0) is 9.31 Å². The lowest BCUT2D eigenvalue weighted by Gasteiger charge is -2.32. The van der Waals surface area contributed by atoms with E-state index in [9.17, 15) is 4.79 Å². The summed E-state index contributed by atoms with van der Waals surface area (Å²) in [6.07, 6.45) is 0.891. The fourth-order valence-electron chi connectivity index (χ4n) is 2.46. The molecule has 1 amide bonds. The zero-order chi connectivity index (χ0) is 18.0. The van der Waals surface area contributed by atoms with Crippen molar-refractivity contribution >= 4 is 18.5 Å². The van der Waals surface area contributed by atoms with Crippen molar-refractivity contribution in [2.75, 3.05) is 13.2 Å². The van der Waals surface area contributed by atoms with E-state index in [1.807, 2.05) is 53.7 Å². The van der Waals surface area contributed by atoms with Crippen molar-refractivity contribution < 1.29 is 18.8 Å². The highest BCUT2D eigenvalue weighted by molar-refractivity contribution is 6.62. The van der Waals surface area contributed by atoms with Crippen molar-refractivity contribution in [2.24, 2.45) is 0 Å². The Morgan fingerprint density at radius 3 is 2.33 bits per heavy atom. The third kappa shape index (κ3) is 3.76. The molecule has 1 N–H and O–H groups in total. The van der Waals surface area contributed by atoms with Crippen molar-refractivity contribution in [2.45, 2.75) is 59.2 Å². The predicted molar refractivity (Wildman–Crippen MR) is 96.0 cm³/mol. The van der Waals surface area contributed by atoms with E-state index in [0.29, 0.717) is 24.5 Å². The van der Waals surface area contributed by atoms with Crippen LogP contribution in [0.1, 0.15) is 58.3 Å². The first kappa shape index (κ1) is 18.8. The van der Waals surface area contributed by atoms with Gasteiger partial charge >= 0.3 is 7.12 Å². The monoisotopic (exact) mass is 333 g/mol. The lowest BCUT2D eigenvalue weighted by molar-refractivity contribution is 0.00578. The van der Waals surface area contributed by atoms with Crippen LogP contribution in [0.5, 0.6) is 5.75 Å². The van der Waals surface area contributed by atoms with Gasteiger partial charge in [-0.2, -0.15) is 0 Å². The zero-order valence-corrected chi connectivity index (χ0v) is 15.6. The number of carbonyl (C=O) groups excluding carboxylic acids is 1. The van der Waals surface area contributed by atoms with Crippen molar-refractivity contribution in [1.29, 1.82) is 0 Å². The number of carbonyl (C=O) groups is 1. The zero-order valence-electron chi connectivity index (χ0n) is 15.6. The van der Waals surface area contributed by atoms with Crippen LogP contribution < -0.4 is 15.5 Å². The summed E-state index contributed by atoms with van der Waals surface area (Å²) in [4.78, 5) is 12.3. The van der Waals surface area contributed by atoms with Crippen LogP contribution in [0.15, 0.2) is 18.2 Å². The Balaban J connectivity index is 2.28. The highest BCUT2D eigenvalue weighted by atomic mass is 16.7. The Morgan fingerprint density at radius 2 is 1.79 bits per heavy atom. The van der Waals surface area contributed by atoms with Gasteiger partial charge in [-0.3, -0.25) is 4.79 Å². The Kier molecular flexibility index (Phi) is 5.61. The lowest BCUT2D eigenvalue weighted by atomic mass is 9.78. The van der Waals surface area contributed by atoms with Gasteiger partial charge in [0.1, 0.15) is 5.75 Å². The average Bonchev–Trinajstić information content (AvgIpc) is 2.73. The summed E-state index contributed by atoms with van der Waals surface area (Å²) in [7, 11) is -0.470. The van der Waals surface area contributed by atoms with Gasteiger partial charge in [0.15, 0.2) is 0 Å². The second kappa shape index (κ2) is 7.15. The first-order valence-electron chi connectivity index (χ1n) is 8.62. The third-order valence-corrected chi connectivity index (χ3v) is 4.61. The van der Waals surface area contributed by atoms with Crippen LogP contribution >= 0.6 is 0 Å². The molecule has 0 saturated carbocycles. The predicted octanol–water partition coefficient (Wildman–Crippen LogP) is 2.52. The average molecular weight is 333 g/mol. The van der Waals surface area contributed by atoms with E-state index in [0.717, 1.165) is 11.9 Å². The van der Waals surface area contributed by atoms with Gasteiger partial charge in [-0.05, 0) is 58.6 Å². The van der Waals surface area contributed by atoms with Gasteiger partial charge in [0, 0.05) is 6.54 Å². The molecule has 1 aromatic rings. The first-order valence-corrected chi connectivity index (χ1v) is 8.62. The number of hydrogen-bond donors (Lipinski definition) is 1. The number of nitrogens with one attached hydrogen (secondary N) is 1. The van der Waals surface area contributed by atoms with E-state index in [-0.39, 0.29) is 5.91 Å². The molecule has 132 valence electrons. The molecule has 0 unspecified atom stereocenters. The van der Waals surface area contributed by atoms with Crippen LogP contribution in [0.2, 0.25) is 0 Å². The van der Waals surface area contributed by atoms with Crippen LogP contribution in [-0.4, -0.2) is 37.4 Å². The van der Waals surface area contributed by atoms with Gasteiger partial charge in [0.25, 0.3) is 5.91 Å². The maximum Gasteiger partial charge on any atom is 0.494 e. The van der Waals surface area contributed by atoms with Gasteiger partial charge < -0.3 is 19.4 Å². The van der Waals surface area contributed by atoms with Crippen LogP contribution in [0, 0.1) is 0 Å². The normalized spacial score (nSPS) is 18.5. The highest BCUT2D eigenvalue weighted by Crippen LogP contribution is 2.36. The number of ether oxygens (including phenoxy) is 1. The van der Waals surface area contributed by atoms with Crippen LogP contribution in [0.4, 0.5) is 0 Å². The Labute approximate surface area is 145 Å². The van der Waals surface area contributed by atoms with Gasteiger partial charge in [0.2, 0.25) is 0 Å². The molecule has 1 heterocycles. The van der Waals surface area contributed by atoms with E-state index in [1.54, 1.807) is 6.07 Å². The molecule has 0 atom stereocenters. The van der Waals surface area contributed by atoms with Crippen molar-refractivity contribution in [1.82, 2.24) is 5.32 Å². The minimum Gasteiger partial charge on any atom is -0.493 e. The van der Waals surface area contributed by atoms with Gasteiger partial charge in [0.05, 0.1) is 23.4 Å². The minimum absolute atomic E-state index is 0.124. The minimum atomic E-state index is -0.470. The molecule has 1 fully saturated rings. The van der Waals surface area contributed by atoms with E-state index >= 15 is 0 Å². The number of benzene rings is 1. The molecule has 1 aromatic carbocycles. The SMILES string of the molecule is CCCNC(=O)c1ccc(B2OC(C)(C)C(C)(C)O2)cc1OCC. The maximum atomic E-state index is 12.3. The molecule has 6 heteroatoms. The van der Waals surface area contributed by atoms with E-state index in [4.69, 9.17) is 14.0 Å². The fourth-order valence-corrected chi connectivity index (χ4v) is 2.46. The van der Waals surface area contributed by atoms with E-state index in [1.165, 1.54) is 0 Å². The van der Waals surface area contributed by atoms with Crippen LogP contribution in [0.25, 0.3) is 0 Å². The standard InChI is InChI=1S/C18H28BNO4/c1-7-11-20-16(21)14-10-9-13(12-15(14)22-8-2)19-23-17(3,4)18(5,6)24-19/h9-10,12H,7-8,11H2,1-6H3,(H,20,21). The molecule has 0 bridgehead atoms. The molecule has 0 aliphatic carbocycles. The summed E-state index contributed by atoms with van der Waals surface area (Å²) in [6.45, 7) is 13.1. The number of hydrogen-bond acceptors (Lipinski definition) is 4. The molecule has 1 saturated heterocycles. The summed E-state index contributed by atoms with van der Waals surface area (Å²) in [5, 5.41) is 2.88. The number of amides is 1. The molecule has 1 aliphatic rings. The summed E-state index contributed by atoms with van der Waals surface area (Å²) in [5.74, 6) is 0.430. The largest absolute Gasteiger partial charge is 0.494 e. The number of rotatable bonds is 6. The second-order valence-electron chi connectivity index (χ2n) is 7.03. The van der Waals surface area contributed by atoms with Crippen molar-refractivity contribution in [3.63, 3.8) is 0 Å². The second-order valence-corrected chi connectivity index (χ2v) is 7.03. The summed E-state index contributed by atoms with van der Waals surface area (Å²) >= 11 is 0. The molecule has 0 spiro atoms. The molecule has 5 nitrogen and oxygen atoms in total. The summed E-state index contributed by atoms with van der Waals surface area (Å²) < 4.78 is 17.8. The Morgan fingerprint density at radius 1 is 1.17 bits per heavy atom. The molecule has 1 aliphatic heterocycles. The van der Waals surface area contributed by atoms with Crippen molar-refractivity contribution in [3.05, 3.63) is 23.8 Å². The smallest absolute Gasteiger partial charge is 0.493 e.